The molecule has 0 spiro atoms. The fraction of sp³-hybridized carbons (Fsp3) is 0.500. The van der Waals surface area contributed by atoms with Crippen LogP contribution in [0.1, 0.15) is 36.0 Å². The van der Waals surface area contributed by atoms with Gasteiger partial charge in [0.2, 0.25) is 0 Å². The van der Waals surface area contributed by atoms with E-state index in [4.69, 9.17) is 0 Å². The molecule has 2 rings (SSSR count). The number of carbonyl (C=O) groups excluding carboxylic acids is 1. The number of hydrogen-bond acceptors (Lipinski definition) is 3. The van der Waals surface area contributed by atoms with Crippen molar-refractivity contribution in [2.75, 3.05) is 6.54 Å². The average molecular weight is 283 g/mol. The van der Waals surface area contributed by atoms with Crippen molar-refractivity contribution in [3.63, 3.8) is 0 Å². The minimum absolute atomic E-state index is 0.0309. The molecule has 5 heteroatoms. The van der Waals surface area contributed by atoms with Crippen LogP contribution in [0, 0.1) is 11.7 Å². The smallest absolute Gasteiger partial charge is 0.254 e. The average Bonchev–Trinajstić information content (AvgIpc) is 2.40. The van der Waals surface area contributed by atoms with Gasteiger partial charge in [0, 0.05) is 11.4 Å². The number of amides is 1. The highest BCUT2D eigenvalue weighted by Gasteiger charge is 2.20. The zero-order valence-electron chi connectivity index (χ0n) is 10.6. The van der Waals surface area contributed by atoms with Crippen LogP contribution in [0.2, 0.25) is 0 Å². The molecule has 1 saturated carbocycles. The van der Waals surface area contributed by atoms with Crippen LogP contribution in [-0.4, -0.2) is 23.7 Å². The number of aliphatic hydroxyl groups excluding tert-OH is 1. The van der Waals surface area contributed by atoms with Crippen molar-refractivity contribution in [1.82, 2.24) is 5.32 Å². The number of rotatable bonds is 3. The second kappa shape index (κ2) is 6.39. The van der Waals surface area contributed by atoms with Gasteiger partial charge in [-0.05, 0) is 49.8 Å². The van der Waals surface area contributed by atoms with Crippen LogP contribution in [0.5, 0.6) is 0 Å². The van der Waals surface area contributed by atoms with Crippen LogP contribution in [0.3, 0.4) is 0 Å². The SMILES string of the molecule is O=C(NCC1CCC(O)CC1)c1cc(S)ccc1F. The van der Waals surface area contributed by atoms with Gasteiger partial charge in [0.25, 0.3) is 5.91 Å². The molecular weight excluding hydrogens is 265 g/mol. The van der Waals surface area contributed by atoms with Gasteiger partial charge in [-0.1, -0.05) is 0 Å². The Morgan fingerprint density at radius 1 is 1.37 bits per heavy atom. The molecule has 0 aromatic heterocycles. The molecule has 1 fully saturated rings. The van der Waals surface area contributed by atoms with Gasteiger partial charge < -0.3 is 10.4 Å². The molecule has 0 saturated heterocycles. The first kappa shape index (κ1) is 14.3. The molecule has 0 atom stereocenters. The number of halogens is 1. The lowest BCUT2D eigenvalue weighted by molar-refractivity contribution is 0.0906. The number of thiol groups is 1. The van der Waals surface area contributed by atoms with Crippen molar-refractivity contribution in [3.05, 3.63) is 29.6 Å². The van der Waals surface area contributed by atoms with Gasteiger partial charge in [0.15, 0.2) is 0 Å². The summed E-state index contributed by atoms with van der Waals surface area (Å²) in [4.78, 5) is 12.5. The van der Waals surface area contributed by atoms with Crippen LogP contribution in [0.15, 0.2) is 23.1 Å². The standard InChI is InChI=1S/C14H18FNO2S/c15-13-6-5-11(19)7-12(13)14(18)16-8-9-1-3-10(17)4-2-9/h5-7,9-10,17,19H,1-4,8H2,(H,16,18). The van der Waals surface area contributed by atoms with Crippen molar-refractivity contribution in [2.24, 2.45) is 5.92 Å². The lowest BCUT2D eigenvalue weighted by Crippen LogP contribution is -2.32. The van der Waals surface area contributed by atoms with Crippen molar-refractivity contribution < 1.29 is 14.3 Å². The maximum Gasteiger partial charge on any atom is 0.254 e. The van der Waals surface area contributed by atoms with Crippen LogP contribution in [-0.2, 0) is 0 Å². The second-order valence-electron chi connectivity index (χ2n) is 5.05. The maximum absolute atomic E-state index is 13.5. The van der Waals surface area contributed by atoms with E-state index in [0.717, 1.165) is 25.7 Å². The molecule has 19 heavy (non-hydrogen) atoms. The van der Waals surface area contributed by atoms with Gasteiger partial charge in [-0.25, -0.2) is 4.39 Å². The van der Waals surface area contributed by atoms with Crippen LogP contribution >= 0.6 is 12.6 Å². The highest BCUT2D eigenvalue weighted by Crippen LogP contribution is 2.23. The van der Waals surface area contributed by atoms with Gasteiger partial charge >= 0.3 is 0 Å². The summed E-state index contributed by atoms with van der Waals surface area (Å²) in [7, 11) is 0. The van der Waals surface area contributed by atoms with E-state index < -0.39 is 11.7 Å². The molecule has 104 valence electrons. The summed E-state index contributed by atoms with van der Waals surface area (Å²) in [6, 6.07) is 4.18. The number of nitrogens with one attached hydrogen (secondary N) is 1. The molecule has 1 aromatic carbocycles. The van der Waals surface area contributed by atoms with E-state index in [1.165, 1.54) is 18.2 Å². The molecule has 2 N–H and O–H groups in total. The van der Waals surface area contributed by atoms with Gasteiger partial charge in [-0.3, -0.25) is 4.79 Å². The summed E-state index contributed by atoms with van der Waals surface area (Å²) >= 11 is 4.10. The molecule has 0 heterocycles. The fourth-order valence-corrected chi connectivity index (χ4v) is 2.57. The lowest BCUT2D eigenvalue weighted by Gasteiger charge is -2.25. The van der Waals surface area contributed by atoms with Crippen molar-refractivity contribution >= 4 is 18.5 Å². The molecule has 0 bridgehead atoms. The first-order valence-electron chi connectivity index (χ1n) is 6.51. The normalized spacial score (nSPS) is 23.1. The minimum atomic E-state index is -0.533. The van der Waals surface area contributed by atoms with E-state index in [2.05, 4.69) is 17.9 Å². The Morgan fingerprint density at radius 2 is 2.05 bits per heavy atom. The van der Waals surface area contributed by atoms with Gasteiger partial charge in [-0.15, -0.1) is 12.6 Å². The minimum Gasteiger partial charge on any atom is -0.393 e. The third-order valence-corrected chi connectivity index (χ3v) is 3.84. The van der Waals surface area contributed by atoms with E-state index in [1.54, 1.807) is 0 Å². The monoisotopic (exact) mass is 283 g/mol. The van der Waals surface area contributed by atoms with Crippen molar-refractivity contribution in [3.8, 4) is 0 Å². The van der Waals surface area contributed by atoms with E-state index in [-0.39, 0.29) is 11.7 Å². The third kappa shape index (κ3) is 3.94. The van der Waals surface area contributed by atoms with E-state index in [0.29, 0.717) is 17.4 Å². The largest absolute Gasteiger partial charge is 0.393 e. The number of benzene rings is 1. The summed E-state index contributed by atoms with van der Waals surface area (Å²) in [6.07, 6.45) is 3.15. The predicted octanol–water partition coefficient (Wildman–Crippen LogP) is 2.40. The summed E-state index contributed by atoms with van der Waals surface area (Å²) in [5.41, 5.74) is 0.0309. The third-order valence-electron chi connectivity index (χ3n) is 3.56. The Balaban J connectivity index is 1.89. The number of carbonyl (C=O) groups is 1. The van der Waals surface area contributed by atoms with E-state index >= 15 is 0 Å². The molecule has 0 unspecified atom stereocenters. The molecule has 1 aromatic rings. The van der Waals surface area contributed by atoms with Crippen molar-refractivity contribution in [2.45, 2.75) is 36.7 Å². The number of hydrogen-bond donors (Lipinski definition) is 3. The highest BCUT2D eigenvalue weighted by atomic mass is 32.1. The van der Waals surface area contributed by atoms with Crippen LogP contribution in [0.4, 0.5) is 4.39 Å². The molecule has 1 aliphatic rings. The summed E-state index contributed by atoms with van der Waals surface area (Å²) in [5, 5.41) is 12.2. The molecular formula is C14H18FNO2S. The maximum atomic E-state index is 13.5. The first-order chi connectivity index (χ1) is 9.06. The van der Waals surface area contributed by atoms with Crippen molar-refractivity contribution in [1.29, 1.82) is 0 Å². The predicted molar refractivity (Wildman–Crippen MR) is 74.0 cm³/mol. The lowest BCUT2D eigenvalue weighted by atomic mass is 9.87. The summed E-state index contributed by atoms with van der Waals surface area (Å²) < 4.78 is 13.5. The zero-order chi connectivity index (χ0) is 13.8. The Kier molecular flexibility index (Phi) is 4.82. The fourth-order valence-electron chi connectivity index (χ4n) is 2.37. The second-order valence-corrected chi connectivity index (χ2v) is 5.57. The quantitative estimate of drug-likeness (QED) is 0.746. The van der Waals surface area contributed by atoms with Crippen LogP contribution < -0.4 is 5.32 Å². The highest BCUT2D eigenvalue weighted by molar-refractivity contribution is 7.80. The summed E-state index contributed by atoms with van der Waals surface area (Å²) in [6.45, 7) is 0.530. The molecule has 3 nitrogen and oxygen atoms in total. The molecule has 0 aliphatic heterocycles. The Hall–Kier alpha value is -1.07. The summed E-state index contributed by atoms with van der Waals surface area (Å²) in [5.74, 6) is -0.566. The van der Waals surface area contributed by atoms with Gasteiger partial charge in [0.05, 0.1) is 11.7 Å². The molecule has 1 aliphatic carbocycles. The first-order valence-corrected chi connectivity index (χ1v) is 6.95. The molecule has 1 amide bonds. The molecule has 0 radical (unpaired) electrons. The van der Waals surface area contributed by atoms with Crippen LogP contribution in [0.25, 0.3) is 0 Å². The Morgan fingerprint density at radius 3 is 2.74 bits per heavy atom. The van der Waals surface area contributed by atoms with E-state index in [1.807, 2.05) is 0 Å². The Bertz CT molecular complexity index is 459. The number of aliphatic hydroxyl groups is 1. The van der Waals surface area contributed by atoms with E-state index in [9.17, 15) is 14.3 Å². The topological polar surface area (TPSA) is 49.3 Å². The van der Waals surface area contributed by atoms with Gasteiger partial charge in [0.1, 0.15) is 5.82 Å². The zero-order valence-corrected chi connectivity index (χ0v) is 11.5. The van der Waals surface area contributed by atoms with Gasteiger partial charge in [-0.2, -0.15) is 0 Å². The Labute approximate surface area is 117 Å².